The molecule has 0 fully saturated rings. The van der Waals surface area contributed by atoms with Gasteiger partial charge < -0.3 is 20.6 Å². The molecule has 184 valence electrons. The van der Waals surface area contributed by atoms with Gasteiger partial charge in [0.05, 0.1) is 22.3 Å². The standard InChI is InChI=1S/C26H16N8O2S2/c35-25-9-1-3-11(37-25)19-17(9)21-29-13-5-7-16(27-13)32-24-20-12-4-2-10(26(36)38-12)18(20)22(34-24)30-14-6-8-15(28-14)31-23(19)33-21/h1-12H,(H4,27,28,29,30,31,32,33,34). The van der Waals surface area contributed by atoms with Crippen LogP contribution in [0.25, 0.3) is 0 Å². The maximum absolute atomic E-state index is 12.7. The lowest BCUT2D eigenvalue weighted by atomic mass is 9.87. The van der Waals surface area contributed by atoms with Gasteiger partial charge in [0.15, 0.2) is 11.7 Å². The number of rotatable bonds is 0. The number of aromatic amines is 2. The van der Waals surface area contributed by atoms with Gasteiger partial charge in [-0.05, 0) is 24.3 Å². The molecule has 2 aliphatic carbocycles. The maximum Gasteiger partial charge on any atom is 0.201 e. The van der Waals surface area contributed by atoms with Crippen molar-refractivity contribution in [1.29, 1.82) is 0 Å². The molecule has 0 radical (unpaired) electrons. The minimum Gasteiger partial charge on any atom is -0.326 e. The van der Waals surface area contributed by atoms with Gasteiger partial charge in [-0.25, -0.2) is 20.0 Å². The topological polar surface area (TPSA) is 139 Å². The zero-order chi connectivity index (χ0) is 25.1. The Morgan fingerprint density at radius 1 is 0.579 bits per heavy atom. The van der Waals surface area contributed by atoms with Crippen molar-refractivity contribution < 1.29 is 9.59 Å². The maximum atomic E-state index is 12.7. The van der Waals surface area contributed by atoms with E-state index in [1.807, 2.05) is 36.4 Å². The number of carbonyl (C=O) groups excluding carboxylic acids is 2. The number of aliphatic imine (C=N–C) groups is 4. The molecule has 9 aliphatic rings. The molecule has 2 aromatic heterocycles. The van der Waals surface area contributed by atoms with E-state index in [0.29, 0.717) is 46.6 Å². The average molecular weight is 537 g/mol. The van der Waals surface area contributed by atoms with Crippen LogP contribution in [0.4, 0.5) is 23.3 Å². The van der Waals surface area contributed by atoms with E-state index >= 15 is 0 Å². The summed E-state index contributed by atoms with van der Waals surface area (Å²) in [6, 6.07) is 7.51. The minimum atomic E-state index is -0.358. The highest BCUT2D eigenvalue weighted by molar-refractivity contribution is 8.15. The molecule has 12 heteroatoms. The van der Waals surface area contributed by atoms with Crippen molar-refractivity contribution in [3.63, 3.8) is 0 Å². The molecular weight excluding hydrogens is 520 g/mol. The summed E-state index contributed by atoms with van der Waals surface area (Å²) in [5, 5.41) is 6.74. The van der Waals surface area contributed by atoms with Gasteiger partial charge >= 0.3 is 0 Å². The van der Waals surface area contributed by atoms with Crippen molar-refractivity contribution in [3.05, 3.63) is 70.9 Å². The predicted molar refractivity (Wildman–Crippen MR) is 150 cm³/mol. The average Bonchev–Trinajstić information content (AvgIpc) is 3.69. The number of anilines is 2. The summed E-state index contributed by atoms with van der Waals surface area (Å²) in [6.45, 7) is 0. The van der Waals surface area contributed by atoms with Crippen LogP contribution in [0.5, 0.6) is 0 Å². The number of H-pyrrole nitrogens is 2. The third-order valence-electron chi connectivity index (χ3n) is 7.45. The van der Waals surface area contributed by atoms with E-state index in [4.69, 9.17) is 20.0 Å². The second kappa shape index (κ2) is 7.23. The van der Waals surface area contributed by atoms with Crippen LogP contribution in [0.15, 0.2) is 90.8 Å². The van der Waals surface area contributed by atoms with Crippen LogP contribution >= 0.6 is 23.5 Å². The Labute approximate surface area is 223 Å². The van der Waals surface area contributed by atoms with E-state index in [1.165, 1.54) is 23.5 Å². The lowest BCUT2D eigenvalue weighted by molar-refractivity contribution is -0.113. The fourth-order valence-corrected chi connectivity index (χ4v) is 8.05. The van der Waals surface area contributed by atoms with Crippen molar-refractivity contribution >= 4 is 80.4 Å². The summed E-state index contributed by atoms with van der Waals surface area (Å²) in [7, 11) is 0. The number of allylic oxidation sites excluding steroid dienone is 2. The van der Waals surface area contributed by atoms with Crippen LogP contribution in [0.2, 0.25) is 0 Å². The molecule has 0 spiro atoms. The number of nitrogens with one attached hydrogen (secondary N) is 4. The van der Waals surface area contributed by atoms with Crippen LogP contribution in [0.3, 0.4) is 0 Å². The molecule has 0 saturated heterocycles. The number of hydrogen-bond donors (Lipinski definition) is 4. The van der Waals surface area contributed by atoms with Crippen LogP contribution in [0.1, 0.15) is 0 Å². The number of thioether (sulfide) groups is 2. The highest BCUT2D eigenvalue weighted by Gasteiger charge is 2.46. The van der Waals surface area contributed by atoms with Gasteiger partial charge in [0, 0.05) is 22.3 Å². The number of hydrogen-bond acceptors (Lipinski definition) is 10. The summed E-state index contributed by atoms with van der Waals surface area (Å²) >= 11 is 2.64. The zero-order valence-corrected chi connectivity index (χ0v) is 21.0. The van der Waals surface area contributed by atoms with Crippen molar-refractivity contribution in [2.24, 2.45) is 31.8 Å². The first kappa shape index (κ1) is 20.8. The van der Waals surface area contributed by atoms with Gasteiger partial charge in [0.1, 0.15) is 34.9 Å². The Kier molecular flexibility index (Phi) is 3.97. The van der Waals surface area contributed by atoms with Crippen LogP contribution < -0.4 is 10.6 Å². The molecule has 0 aromatic carbocycles. The summed E-state index contributed by atoms with van der Waals surface area (Å²) in [5.41, 5.74) is 3.68. The molecule has 4 atom stereocenters. The largest absolute Gasteiger partial charge is 0.326 e. The highest BCUT2D eigenvalue weighted by Crippen LogP contribution is 2.47. The van der Waals surface area contributed by atoms with Gasteiger partial charge in [-0.15, -0.1) is 0 Å². The van der Waals surface area contributed by atoms with Crippen LogP contribution in [-0.2, 0) is 9.59 Å². The molecule has 10 nitrogen and oxygen atoms in total. The molecule has 38 heavy (non-hydrogen) atoms. The first-order chi connectivity index (χ1) is 18.6. The van der Waals surface area contributed by atoms with Gasteiger partial charge in [-0.1, -0.05) is 47.8 Å². The lowest BCUT2D eigenvalue weighted by Crippen LogP contribution is -2.33. The molecule has 0 amide bonds. The van der Waals surface area contributed by atoms with Crippen molar-refractivity contribution in [1.82, 2.24) is 9.97 Å². The summed E-state index contributed by atoms with van der Waals surface area (Å²) in [6.07, 6.45) is 8.04. The van der Waals surface area contributed by atoms with Gasteiger partial charge in [0.25, 0.3) is 0 Å². The first-order valence-electron chi connectivity index (χ1n) is 12.1. The quantitative estimate of drug-likeness (QED) is 0.375. The number of nitrogens with zero attached hydrogens (tertiary/aromatic N) is 4. The second-order valence-electron chi connectivity index (χ2n) is 9.65. The third kappa shape index (κ3) is 2.81. The molecule has 11 rings (SSSR count). The Bertz CT molecular complexity index is 1660. The summed E-state index contributed by atoms with van der Waals surface area (Å²) in [5.74, 6) is 4.29. The molecular formula is C26H16N8O2S2. The number of amidine groups is 4. The molecule has 12 bridgehead atoms. The lowest BCUT2D eigenvalue weighted by Gasteiger charge is -2.31. The second-order valence-corrected chi connectivity index (χ2v) is 11.9. The van der Waals surface area contributed by atoms with E-state index < -0.39 is 0 Å². The Hall–Kier alpha value is -4.16. The summed E-state index contributed by atoms with van der Waals surface area (Å²) < 4.78 is 0. The normalized spacial score (nSPS) is 29.6. The highest BCUT2D eigenvalue weighted by atomic mass is 32.2. The molecule has 7 aliphatic heterocycles. The monoisotopic (exact) mass is 536 g/mol. The van der Waals surface area contributed by atoms with Gasteiger partial charge in [-0.2, -0.15) is 0 Å². The van der Waals surface area contributed by atoms with Crippen molar-refractivity contribution in [3.8, 4) is 0 Å². The molecule has 2 aromatic rings. The Balaban J connectivity index is 1.21. The first-order valence-corrected chi connectivity index (χ1v) is 13.9. The van der Waals surface area contributed by atoms with Gasteiger partial charge in [0.2, 0.25) is 10.2 Å². The minimum absolute atomic E-state index is 0.119. The fraction of sp³-hybridized carbons (Fsp3) is 0.154. The molecule has 4 N–H and O–H groups in total. The van der Waals surface area contributed by atoms with E-state index in [-0.39, 0.29) is 32.6 Å². The van der Waals surface area contributed by atoms with Crippen molar-refractivity contribution in [2.75, 3.05) is 10.6 Å². The van der Waals surface area contributed by atoms with E-state index in [9.17, 15) is 9.59 Å². The van der Waals surface area contributed by atoms with Gasteiger partial charge in [-0.3, -0.25) is 9.59 Å². The predicted octanol–water partition coefficient (Wildman–Crippen LogP) is 4.01. The molecule has 4 unspecified atom stereocenters. The van der Waals surface area contributed by atoms with Crippen LogP contribution in [-0.4, -0.2) is 54.0 Å². The Morgan fingerprint density at radius 3 is 1.50 bits per heavy atom. The summed E-state index contributed by atoms with van der Waals surface area (Å²) in [4.78, 5) is 51.4. The van der Waals surface area contributed by atoms with E-state index in [2.05, 4.69) is 32.8 Å². The Morgan fingerprint density at radius 2 is 1.05 bits per heavy atom. The number of fused-ring (bicyclic) bond motifs is 8. The molecule has 0 saturated carbocycles. The smallest absolute Gasteiger partial charge is 0.201 e. The molecule has 9 heterocycles. The number of carbonyl (C=O) groups is 2. The van der Waals surface area contributed by atoms with Crippen LogP contribution in [0, 0.1) is 11.8 Å². The van der Waals surface area contributed by atoms with Crippen molar-refractivity contribution in [2.45, 2.75) is 10.5 Å². The third-order valence-corrected chi connectivity index (χ3v) is 9.72. The zero-order valence-electron chi connectivity index (χ0n) is 19.4. The van der Waals surface area contributed by atoms with E-state index in [0.717, 1.165) is 22.3 Å². The number of aromatic nitrogens is 2. The van der Waals surface area contributed by atoms with E-state index in [1.54, 1.807) is 0 Å². The SMILES string of the molecule is O=C1SC2C=CC1C1=C2C2=Nc3ccc([nH]3)NC3=NC(=Nc4ccc([nH]4)NC1=N2)C1=C3C2C=CC1SC2=O. The fourth-order valence-electron chi connectivity index (χ4n) is 5.82.